The first-order valence-electron chi connectivity index (χ1n) is 8.16. The average molecular weight is 405 g/mol. The van der Waals surface area contributed by atoms with Gasteiger partial charge in [0.05, 0.1) is 11.5 Å². The van der Waals surface area contributed by atoms with Crippen LogP contribution < -0.4 is 5.32 Å². The molecule has 0 spiro atoms. The minimum atomic E-state index is -0.485. The van der Waals surface area contributed by atoms with Crippen molar-refractivity contribution in [3.05, 3.63) is 53.9 Å². The molecule has 3 rings (SSSR count). The van der Waals surface area contributed by atoms with E-state index in [0.717, 1.165) is 11.8 Å². The molecule has 0 aliphatic rings. The van der Waals surface area contributed by atoms with Gasteiger partial charge in [-0.15, -0.1) is 11.8 Å². The Morgan fingerprint density at radius 1 is 1.25 bits per heavy atom. The van der Waals surface area contributed by atoms with Gasteiger partial charge in [-0.3, -0.25) is 9.59 Å². The zero-order valence-corrected chi connectivity index (χ0v) is 15.6. The summed E-state index contributed by atoms with van der Waals surface area (Å²) in [5.41, 5.74) is 1.04. The summed E-state index contributed by atoms with van der Waals surface area (Å²) in [7, 11) is 0. The van der Waals surface area contributed by atoms with Crippen molar-refractivity contribution in [1.82, 2.24) is 10.1 Å². The lowest BCUT2D eigenvalue weighted by Gasteiger charge is -2.03. The summed E-state index contributed by atoms with van der Waals surface area (Å²) in [6.07, 6.45) is 1.37. The number of esters is 1. The summed E-state index contributed by atoms with van der Waals surface area (Å²) in [5, 5.41) is 6.20. The second-order valence-corrected chi connectivity index (χ2v) is 6.66. The molecule has 0 unspecified atom stereocenters. The van der Waals surface area contributed by atoms with Crippen molar-refractivity contribution in [2.45, 2.75) is 13.5 Å². The number of nitrogens with one attached hydrogen (secondary N) is 1. The van der Waals surface area contributed by atoms with E-state index in [1.165, 1.54) is 18.4 Å². The minimum absolute atomic E-state index is 0.00787. The number of aryl methyl sites for hydroxylation is 1. The fourth-order valence-corrected chi connectivity index (χ4v) is 2.74. The zero-order valence-electron chi connectivity index (χ0n) is 14.8. The summed E-state index contributed by atoms with van der Waals surface area (Å²) < 4.78 is 28.2. The van der Waals surface area contributed by atoms with E-state index in [0.29, 0.717) is 28.7 Å². The van der Waals surface area contributed by atoms with Crippen LogP contribution in [-0.4, -0.2) is 33.5 Å². The van der Waals surface area contributed by atoms with Crippen molar-refractivity contribution >= 4 is 29.5 Å². The van der Waals surface area contributed by atoms with Gasteiger partial charge in [-0.1, -0.05) is 5.16 Å². The molecule has 0 aliphatic heterocycles. The van der Waals surface area contributed by atoms with Crippen LogP contribution in [-0.2, 0) is 20.9 Å². The highest BCUT2D eigenvalue weighted by Gasteiger charge is 2.11. The van der Waals surface area contributed by atoms with E-state index >= 15 is 0 Å². The Bertz CT molecular complexity index is 954. The van der Waals surface area contributed by atoms with E-state index in [4.69, 9.17) is 13.7 Å². The summed E-state index contributed by atoms with van der Waals surface area (Å²) in [6.45, 7) is 1.65. The quantitative estimate of drug-likeness (QED) is 0.570. The van der Waals surface area contributed by atoms with Crippen LogP contribution in [0.3, 0.4) is 0 Å². The number of oxazole rings is 1. The lowest BCUT2D eigenvalue weighted by atomic mass is 10.2. The fourth-order valence-electron chi connectivity index (χ4n) is 2.13. The molecule has 0 saturated carbocycles. The third kappa shape index (κ3) is 5.68. The number of carbonyl (C=O) groups is 2. The Balaban J connectivity index is 1.37. The van der Waals surface area contributed by atoms with Crippen LogP contribution in [0.1, 0.15) is 11.5 Å². The molecule has 1 amide bonds. The molecule has 1 N–H and O–H groups in total. The van der Waals surface area contributed by atoms with Crippen LogP contribution in [0.25, 0.3) is 11.5 Å². The molecule has 0 fully saturated rings. The Labute approximate surface area is 163 Å². The predicted molar refractivity (Wildman–Crippen MR) is 98.9 cm³/mol. The van der Waals surface area contributed by atoms with Gasteiger partial charge < -0.3 is 19.0 Å². The number of carbonyl (C=O) groups excluding carboxylic acids is 2. The lowest BCUT2D eigenvalue weighted by molar-refractivity contribution is -0.141. The maximum atomic E-state index is 12.9. The molecule has 0 atom stereocenters. The standard InChI is InChI=1S/C18H16FN3O5S/c1-11-6-15(22-27-11)21-16(23)9-28-10-17(24)25-7-14-8-26-18(20-14)12-2-4-13(19)5-3-12/h2-6,8H,7,9-10H2,1H3,(H,21,22,23). The summed E-state index contributed by atoms with van der Waals surface area (Å²) in [5.74, 6) is 0.156. The highest BCUT2D eigenvalue weighted by Crippen LogP contribution is 2.19. The highest BCUT2D eigenvalue weighted by atomic mass is 32.2. The molecule has 8 nitrogen and oxygen atoms in total. The first-order chi connectivity index (χ1) is 13.5. The Morgan fingerprint density at radius 2 is 2.04 bits per heavy atom. The van der Waals surface area contributed by atoms with Crippen molar-refractivity contribution in [3.63, 3.8) is 0 Å². The van der Waals surface area contributed by atoms with E-state index < -0.39 is 5.97 Å². The van der Waals surface area contributed by atoms with Gasteiger partial charge in [-0.05, 0) is 31.2 Å². The zero-order chi connectivity index (χ0) is 19.9. The number of anilines is 1. The first-order valence-corrected chi connectivity index (χ1v) is 9.32. The SMILES string of the molecule is Cc1cc(NC(=O)CSCC(=O)OCc2coc(-c3ccc(F)cc3)n2)no1. The van der Waals surface area contributed by atoms with E-state index in [2.05, 4.69) is 15.5 Å². The van der Waals surface area contributed by atoms with E-state index in [1.807, 2.05) is 0 Å². The smallest absolute Gasteiger partial charge is 0.316 e. The van der Waals surface area contributed by atoms with Crippen molar-refractivity contribution in [2.24, 2.45) is 0 Å². The Kier molecular flexibility index (Phi) is 6.43. The fraction of sp³-hybridized carbons (Fsp3) is 0.222. The maximum Gasteiger partial charge on any atom is 0.316 e. The largest absolute Gasteiger partial charge is 0.458 e. The molecule has 3 aromatic rings. The molecule has 10 heteroatoms. The molecule has 2 aromatic heterocycles. The van der Waals surface area contributed by atoms with Crippen LogP contribution in [0.15, 0.2) is 45.5 Å². The van der Waals surface area contributed by atoms with Crippen LogP contribution >= 0.6 is 11.8 Å². The van der Waals surface area contributed by atoms with Gasteiger partial charge in [-0.25, -0.2) is 9.37 Å². The van der Waals surface area contributed by atoms with Gasteiger partial charge in [0, 0.05) is 11.6 Å². The van der Waals surface area contributed by atoms with E-state index in [9.17, 15) is 14.0 Å². The van der Waals surface area contributed by atoms with Crippen molar-refractivity contribution < 1.29 is 27.7 Å². The summed E-state index contributed by atoms with van der Waals surface area (Å²) in [6, 6.07) is 7.28. The number of halogens is 1. The third-order valence-electron chi connectivity index (χ3n) is 3.37. The van der Waals surface area contributed by atoms with Gasteiger partial charge >= 0.3 is 5.97 Å². The van der Waals surface area contributed by atoms with E-state index in [1.54, 1.807) is 25.1 Å². The second kappa shape index (κ2) is 9.18. The highest BCUT2D eigenvalue weighted by molar-refractivity contribution is 8.00. The van der Waals surface area contributed by atoms with Crippen LogP contribution in [0.2, 0.25) is 0 Å². The molecule has 2 heterocycles. The number of ether oxygens (including phenoxy) is 1. The van der Waals surface area contributed by atoms with Gasteiger partial charge in [0.2, 0.25) is 11.8 Å². The van der Waals surface area contributed by atoms with Crippen molar-refractivity contribution in [2.75, 3.05) is 16.8 Å². The first kappa shape index (κ1) is 19.6. The van der Waals surface area contributed by atoms with Crippen LogP contribution in [0, 0.1) is 12.7 Å². The second-order valence-electron chi connectivity index (χ2n) is 5.68. The number of nitrogens with zero attached hydrogens (tertiary/aromatic N) is 2. The Hall–Kier alpha value is -3.14. The summed E-state index contributed by atoms with van der Waals surface area (Å²) in [4.78, 5) is 27.7. The third-order valence-corrected chi connectivity index (χ3v) is 4.28. The normalized spacial score (nSPS) is 10.6. The molecule has 146 valence electrons. The maximum absolute atomic E-state index is 12.9. The van der Waals surface area contributed by atoms with Crippen molar-refractivity contribution in [3.8, 4) is 11.5 Å². The molecule has 28 heavy (non-hydrogen) atoms. The van der Waals surface area contributed by atoms with Crippen LogP contribution in [0.4, 0.5) is 10.2 Å². The number of thioether (sulfide) groups is 1. The molecular weight excluding hydrogens is 389 g/mol. The number of benzene rings is 1. The molecule has 1 aromatic carbocycles. The molecule has 0 radical (unpaired) electrons. The minimum Gasteiger partial charge on any atom is -0.458 e. The molecule has 0 saturated heterocycles. The number of hydrogen-bond acceptors (Lipinski definition) is 8. The molecular formula is C18H16FN3O5S. The predicted octanol–water partition coefficient (Wildman–Crippen LogP) is 3.19. The van der Waals surface area contributed by atoms with Crippen molar-refractivity contribution in [1.29, 1.82) is 0 Å². The lowest BCUT2D eigenvalue weighted by Crippen LogP contribution is -2.16. The number of aromatic nitrogens is 2. The number of hydrogen-bond donors (Lipinski definition) is 1. The van der Waals surface area contributed by atoms with Crippen LogP contribution in [0.5, 0.6) is 0 Å². The van der Waals surface area contributed by atoms with Gasteiger partial charge in [-0.2, -0.15) is 0 Å². The summed E-state index contributed by atoms with van der Waals surface area (Å²) >= 11 is 1.11. The average Bonchev–Trinajstić information content (AvgIpc) is 3.30. The molecule has 0 bridgehead atoms. The molecule has 0 aliphatic carbocycles. The monoisotopic (exact) mass is 405 g/mol. The van der Waals surface area contributed by atoms with Gasteiger partial charge in [0.25, 0.3) is 0 Å². The van der Waals surface area contributed by atoms with Gasteiger partial charge in [0.1, 0.15) is 30.1 Å². The number of rotatable bonds is 8. The topological polar surface area (TPSA) is 107 Å². The number of amides is 1. The van der Waals surface area contributed by atoms with E-state index in [-0.39, 0.29) is 29.8 Å². The Morgan fingerprint density at radius 3 is 2.75 bits per heavy atom. The van der Waals surface area contributed by atoms with Gasteiger partial charge in [0.15, 0.2) is 5.82 Å².